The van der Waals surface area contributed by atoms with Crippen LogP contribution >= 0.6 is 0 Å². The maximum absolute atomic E-state index is 11.4. The van der Waals surface area contributed by atoms with Gasteiger partial charge in [0.25, 0.3) is 0 Å². The summed E-state index contributed by atoms with van der Waals surface area (Å²) in [6.45, 7) is 0.833. The first kappa shape index (κ1) is 8.10. The first-order chi connectivity index (χ1) is 6.38. The normalized spacial score (nSPS) is 21.4. The van der Waals surface area contributed by atoms with Gasteiger partial charge in [0.2, 0.25) is 5.91 Å². The van der Waals surface area contributed by atoms with Crippen LogP contribution in [0.4, 0.5) is 0 Å². The fourth-order valence-electron chi connectivity index (χ4n) is 1.52. The van der Waals surface area contributed by atoms with Crippen molar-refractivity contribution >= 4 is 5.91 Å². The summed E-state index contributed by atoms with van der Waals surface area (Å²) < 4.78 is 0. The van der Waals surface area contributed by atoms with E-state index in [0.717, 1.165) is 18.8 Å². The number of amides is 1. The minimum absolute atomic E-state index is 0.211. The lowest BCUT2D eigenvalue weighted by atomic mass is 10.4. The molecular formula is C10H12N2O. The highest BCUT2D eigenvalue weighted by molar-refractivity contribution is 5.80. The van der Waals surface area contributed by atoms with Crippen LogP contribution in [0.15, 0.2) is 36.3 Å². The van der Waals surface area contributed by atoms with E-state index in [2.05, 4.69) is 5.32 Å². The molecule has 2 aliphatic rings. The Labute approximate surface area is 77.4 Å². The minimum atomic E-state index is 0.211. The molecule has 3 heteroatoms. The summed E-state index contributed by atoms with van der Waals surface area (Å²) in [7, 11) is 0. The number of carbonyl (C=O) groups is 1. The van der Waals surface area contributed by atoms with Crippen LogP contribution in [-0.4, -0.2) is 17.4 Å². The molecule has 0 spiro atoms. The molecule has 68 valence electrons. The second-order valence-electron chi connectivity index (χ2n) is 3.09. The number of likely N-dealkylation sites (tertiary alicyclic amines) is 1. The van der Waals surface area contributed by atoms with E-state index in [0.29, 0.717) is 6.42 Å². The predicted octanol–water partition coefficient (Wildman–Crippen LogP) is 1.12. The Morgan fingerprint density at radius 2 is 2.23 bits per heavy atom. The van der Waals surface area contributed by atoms with Crippen molar-refractivity contribution in [2.75, 3.05) is 6.54 Å². The van der Waals surface area contributed by atoms with Gasteiger partial charge in [-0.2, -0.15) is 0 Å². The van der Waals surface area contributed by atoms with Crippen molar-refractivity contribution in [1.29, 1.82) is 0 Å². The lowest BCUT2D eigenvalue weighted by molar-refractivity contribution is -0.126. The number of allylic oxidation sites excluding steroid dienone is 4. The van der Waals surface area contributed by atoms with Crippen LogP contribution in [0.5, 0.6) is 0 Å². The summed E-state index contributed by atoms with van der Waals surface area (Å²) in [5.41, 5.74) is 0. The van der Waals surface area contributed by atoms with Gasteiger partial charge < -0.3 is 5.32 Å². The lowest BCUT2D eigenvalue weighted by Gasteiger charge is -2.18. The van der Waals surface area contributed by atoms with Crippen molar-refractivity contribution in [1.82, 2.24) is 10.2 Å². The molecule has 1 fully saturated rings. The van der Waals surface area contributed by atoms with Gasteiger partial charge >= 0.3 is 0 Å². The Bertz CT molecular complexity index is 302. The standard InChI is InChI=1S/C10H12N2O/c13-10-6-4-8-12(10)9-5-2-1-3-7-11-9/h1-3,5,7,11H,4,6,8H2. The first-order valence-corrected chi connectivity index (χ1v) is 4.48. The van der Waals surface area contributed by atoms with Gasteiger partial charge in [-0.05, 0) is 18.6 Å². The topological polar surface area (TPSA) is 32.3 Å². The first-order valence-electron chi connectivity index (χ1n) is 4.48. The van der Waals surface area contributed by atoms with E-state index in [1.54, 1.807) is 4.90 Å². The number of hydrogen-bond acceptors (Lipinski definition) is 2. The van der Waals surface area contributed by atoms with Gasteiger partial charge in [0.05, 0.1) is 0 Å². The molecule has 1 N–H and O–H groups in total. The van der Waals surface area contributed by atoms with Crippen LogP contribution in [0.3, 0.4) is 0 Å². The quantitative estimate of drug-likeness (QED) is 0.649. The third-order valence-electron chi connectivity index (χ3n) is 2.17. The highest BCUT2D eigenvalue weighted by Crippen LogP contribution is 2.15. The van der Waals surface area contributed by atoms with Gasteiger partial charge in [0.1, 0.15) is 5.82 Å². The number of nitrogens with zero attached hydrogens (tertiary/aromatic N) is 1. The fraction of sp³-hybridized carbons (Fsp3) is 0.300. The summed E-state index contributed by atoms with van der Waals surface area (Å²) in [6, 6.07) is 0. The van der Waals surface area contributed by atoms with E-state index < -0.39 is 0 Å². The van der Waals surface area contributed by atoms with Crippen molar-refractivity contribution in [3.63, 3.8) is 0 Å². The van der Waals surface area contributed by atoms with Gasteiger partial charge in [-0.15, -0.1) is 0 Å². The number of rotatable bonds is 1. The summed E-state index contributed by atoms with van der Waals surface area (Å²) >= 11 is 0. The van der Waals surface area contributed by atoms with Crippen molar-refractivity contribution < 1.29 is 4.79 Å². The summed E-state index contributed by atoms with van der Waals surface area (Å²) in [5.74, 6) is 1.09. The number of carbonyl (C=O) groups excluding carboxylic acids is 1. The molecule has 0 radical (unpaired) electrons. The molecular weight excluding hydrogens is 164 g/mol. The molecule has 0 unspecified atom stereocenters. The van der Waals surface area contributed by atoms with Gasteiger partial charge in [0.15, 0.2) is 0 Å². The SMILES string of the molecule is O=C1CCCN1C1=CC=CC=CN1. The Kier molecular flexibility index (Phi) is 2.17. The smallest absolute Gasteiger partial charge is 0.228 e. The third-order valence-corrected chi connectivity index (χ3v) is 2.17. The molecule has 1 saturated heterocycles. The zero-order valence-electron chi connectivity index (χ0n) is 7.36. The number of hydrogen-bond donors (Lipinski definition) is 1. The van der Waals surface area contributed by atoms with Crippen LogP contribution in [0.1, 0.15) is 12.8 Å². The van der Waals surface area contributed by atoms with Gasteiger partial charge in [-0.25, -0.2) is 0 Å². The highest BCUT2D eigenvalue weighted by Gasteiger charge is 2.22. The summed E-state index contributed by atoms with van der Waals surface area (Å²) in [6.07, 6.45) is 11.2. The molecule has 0 bridgehead atoms. The van der Waals surface area contributed by atoms with Crippen LogP contribution in [-0.2, 0) is 4.79 Å². The van der Waals surface area contributed by atoms with Gasteiger partial charge in [-0.1, -0.05) is 12.2 Å². The maximum Gasteiger partial charge on any atom is 0.228 e. The van der Waals surface area contributed by atoms with Gasteiger partial charge in [0, 0.05) is 19.2 Å². The zero-order chi connectivity index (χ0) is 9.10. The Morgan fingerprint density at radius 3 is 3.00 bits per heavy atom. The monoisotopic (exact) mass is 176 g/mol. The Morgan fingerprint density at radius 1 is 1.31 bits per heavy atom. The van der Waals surface area contributed by atoms with Crippen molar-refractivity contribution in [3.8, 4) is 0 Å². The molecule has 3 nitrogen and oxygen atoms in total. The largest absolute Gasteiger partial charge is 0.348 e. The zero-order valence-corrected chi connectivity index (χ0v) is 7.36. The number of nitrogens with one attached hydrogen (secondary N) is 1. The van der Waals surface area contributed by atoms with Crippen molar-refractivity contribution in [3.05, 3.63) is 36.3 Å². The van der Waals surface area contributed by atoms with Crippen molar-refractivity contribution in [2.24, 2.45) is 0 Å². The second-order valence-corrected chi connectivity index (χ2v) is 3.09. The molecule has 1 amide bonds. The van der Waals surface area contributed by atoms with Gasteiger partial charge in [-0.3, -0.25) is 9.69 Å². The maximum atomic E-state index is 11.4. The van der Waals surface area contributed by atoms with E-state index in [1.165, 1.54) is 0 Å². The van der Waals surface area contributed by atoms with Crippen molar-refractivity contribution in [2.45, 2.75) is 12.8 Å². The molecule has 0 aromatic rings. The summed E-state index contributed by atoms with van der Waals surface area (Å²) in [5, 5.41) is 3.08. The Hall–Kier alpha value is -1.51. The minimum Gasteiger partial charge on any atom is -0.348 e. The van der Waals surface area contributed by atoms with E-state index in [4.69, 9.17) is 0 Å². The lowest BCUT2D eigenvalue weighted by Crippen LogP contribution is -2.30. The molecule has 2 aliphatic heterocycles. The molecule has 2 heterocycles. The third kappa shape index (κ3) is 1.64. The van der Waals surface area contributed by atoms with E-state index in [-0.39, 0.29) is 5.91 Å². The molecule has 0 saturated carbocycles. The molecule has 13 heavy (non-hydrogen) atoms. The average molecular weight is 176 g/mol. The molecule has 0 aliphatic carbocycles. The average Bonchev–Trinajstić information content (AvgIpc) is 2.43. The molecule has 2 rings (SSSR count). The highest BCUT2D eigenvalue weighted by atomic mass is 16.2. The fourth-order valence-corrected chi connectivity index (χ4v) is 1.52. The Balaban J connectivity index is 2.15. The van der Waals surface area contributed by atoms with Crippen LogP contribution in [0.25, 0.3) is 0 Å². The second kappa shape index (κ2) is 3.47. The van der Waals surface area contributed by atoms with E-state index >= 15 is 0 Å². The van der Waals surface area contributed by atoms with E-state index in [9.17, 15) is 4.79 Å². The molecule has 0 aromatic carbocycles. The predicted molar refractivity (Wildman–Crippen MR) is 50.4 cm³/mol. The molecule has 0 atom stereocenters. The van der Waals surface area contributed by atoms with E-state index in [1.807, 2.05) is 30.5 Å². The molecule has 0 aromatic heterocycles. The summed E-state index contributed by atoms with van der Waals surface area (Å²) in [4.78, 5) is 13.2. The van der Waals surface area contributed by atoms with Crippen LogP contribution < -0.4 is 5.32 Å². The van der Waals surface area contributed by atoms with Crippen LogP contribution in [0, 0.1) is 0 Å². The van der Waals surface area contributed by atoms with Crippen LogP contribution in [0.2, 0.25) is 0 Å².